The average molecular weight is 674 g/mol. The van der Waals surface area contributed by atoms with Gasteiger partial charge in [-0.3, -0.25) is 31.9 Å². The van der Waals surface area contributed by atoms with E-state index in [1.807, 2.05) is 0 Å². The van der Waals surface area contributed by atoms with Gasteiger partial charge in [0.05, 0.1) is 18.6 Å². The summed E-state index contributed by atoms with van der Waals surface area (Å²) < 4.78 is 66.2. The molecule has 0 radical (unpaired) electrons. The van der Waals surface area contributed by atoms with Crippen LogP contribution in [0.4, 0.5) is 5.82 Å². The van der Waals surface area contributed by atoms with Crippen molar-refractivity contribution in [1.82, 2.24) is 28.5 Å². The number of aliphatic hydroxyl groups excluding tert-OH is 1. The Kier molecular flexibility index (Phi) is 7.50. The molecule has 4 aromatic rings. The lowest BCUT2D eigenvalue weighted by Crippen LogP contribution is -2.35. The second-order valence-electron chi connectivity index (χ2n) is 10.0. The Hall–Kier alpha value is -2.28. The molecule has 3 aliphatic heterocycles. The fourth-order valence-electron chi connectivity index (χ4n) is 5.42. The van der Waals surface area contributed by atoms with E-state index < -0.39 is 63.2 Å². The van der Waals surface area contributed by atoms with Gasteiger partial charge in [-0.2, -0.15) is 0 Å². The van der Waals surface area contributed by atoms with Gasteiger partial charge in [0, 0.05) is 37.3 Å². The van der Waals surface area contributed by atoms with Crippen LogP contribution in [-0.4, -0.2) is 77.3 Å². The van der Waals surface area contributed by atoms with E-state index in [2.05, 4.69) is 39.4 Å². The number of rotatable bonds is 2. The Labute approximate surface area is 252 Å². The predicted molar refractivity (Wildman–Crippen MR) is 155 cm³/mol. The number of aliphatic hydroxyl groups is 1. The van der Waals surface area contributed by atoms with Crippen molar-refractivity contribution in [2.45, 2.75) is 49.4 Å². The highest BCUT2D eigenvalue weighted by molar-refractivity contribution is 8.44. The van der Waals surface area contributed by atoms with Gasteiger partial charge < -0.3 is 24.9 Å². The summed E-state index contributed by atoms with van der Waals surface area (Å²) in [5, 5.41) is 11.7. The van der Waals surface area contributed by atoms with Crippen LogP contribution in [0.5, 0.6) is 0 Å². The first kappa shape index (κ1) is 29.4. The smallest absolute Gasteiger partial charge is 0.386 e. The number of aromatic nitrogens is 6. The number of nitrogens with two attached hydrogens (primary N) is 1. The number of hydrogen-bond donors (Lipinski definition) is 4. The zero-order valence-electron chi connectivity index (χ0n) is 21.9. The zero-order chi connectivity index (χ0) is 30.1. The fraction of sp³-hybridized carbons (Fsp3) is 0.455. The minimum Gasteiger partial charge on any atom is -0.387 e. The quantitative estimate of drug-likeness (QED) is 0.177. The van der Waals surface area contributed by atoms with E-state index in [0.29, 0.717) is 16.9 Å². The van der Waals surface area contributed by atoms with Crippen LogP contribution in [0.1, 0.15) is 18.9 Å². The molecule has 0 saturated carbocycles. The first-order valence-electron chi connectivity index (χ1n) is 12.9. The van der Waals surface area contributed by atoms with Crippen LogP contribution in [0.3, 0.4) is 0 Å². The van der Waals surface area contributed by atoms with E-state index in [4.69, 9.17) is 33.3 Å². The topological polar surface area (TPSA) is 206 Å². The van der Waals surface area contributed by atoms with E-state index in [0.717, 1.165) is 0 Å². The molecule has 0 spiro atoms. The molecule has 0 aromatic carbocycles. The third-order valence-electron chi connectivity index (χ3n) is 7.41. The number of imidazole rings is 1. The maximum atomic E-state index is 13.5. The summed E-state index contributed by atoms with van der Waals surface area (Å²) in [4.78, 5) is 24.7. The van der Waals surface area contributed by atoms with Crippen molar-refractivity contribution in [3.63, 3.8) is 0 Å². The van der Waals surface area contributed by atoms with E-state index >= 15 is 0 Å². The molecule has 43 heavy (non-hydrogen) atoms. The van der Waals surface area contributed by atoms with E-state index in [1.165, 1.54) is 40.0 Å². The molecule has 3 saturated heterocycles. The van der Waals surface area contributed by atoms with Crippen LogP contribution in [0.2, 0.25) is 0 Å². The molecule has 2 bridgehead atoms. The molecule has 7 heterocycles. The number of nitrogens with zero attached hydrogens (tertiary/aromatic N) is 6. The Morgan fingerprint density at radius 3 is 2.49 bits per heavy atom. The van der Waals surface area contributed by atoms with Gasteiger partial charge in [0.25, 0.3) is 5.56 Å². The second-order valence-corrected chi connectivity index (χ2v) is 15.8. The lowest BCUT2D eigenvalue weighted by molar-refractivity contribution is -0.0568. The minimum absolute atomic E-state index is 0.160. The molecule has 17 nitrogen and oxygen atoms in total. The summed E-state index contributed by atoms with van der Waals surface area (Å²) in [6.07, 6.45) is -0.169. The van der Waals surface area contributed by atoms with Crippen molar-refractivity contribution >= 4 is 60.7 Å². The minimum atomic E-state index is -4.21. The average Bonchev–Trinajstić information content (AvgIpc) is 3.74. The van der Waals surface area contributed by atoms with Crippen molar-refractivity contribution in [3.05, 3.63) is 53.6 Å². The second kappa shape index (κ2) is 11.0. The Bertz CT molecular complexity index is 1850. The number of anilines is 1. The van der Waals surface area contributed by atoms with Gasteiger partial charge in [-0.1, -0.05) is 24.5 Å². The molecule has 0 aliphatic carbocycles. The Morgan fingerprint density at radius 2 is 1.67 bits per heavy atom. The highest BCUT2D eigenvalue weighted by atomic mass is 32.7. The molecular formula is C22H25N7O10P2S2. The van der Waals surface area contributed by atoms with Gasteiger partial charge in [0.15, 0.2) is 6.23 Å². The van der Waals surface area contributed by atoms with Crippen LogP contribution in [0, 0.1) is 0 Å². The zero-order valence-corrected chi connectivity index (χ0v) is 25.5. The molecule has 3 N–H and O–H groups in total. The highest BCUT2D eigenvalue weighted by Crippen LogP contribution is 2.60. The third-order valence-corrected chi connectivity index (χ3v) is 10.7. The third kappa shape index (κ3) is 5.46. The number of ether oxygens (including phenoxy) is 2. The van der Waals surface area contributed by atoms with Gasteiger partial charge in [-0.15, -0.1) is 0 Å². The normalized spacial score (nSPS) is 37.1. The lowest BCUT2D eigenvalue weighted by Gasteiger charge is -2.26. The van der Waals surface area contributed by atoms with Crippen molar-refractivity contribution in [2.75, 3.05) is 18.9 Å². The van der Waals surface area contributed by atoms with Crippen molar-refractivity contribution in [3.8, 4) is 0 Å². The van der Waals surface area contributed by atoms with Gasteiger partial charge >= 0.3 is 13.6 Å². The summed E-state index contributed by atoms with van der Waals surface area (Å²) >= 11 is 8.29. The van der Waals surface area contributed by atoms with Gasteiger partial charge in [-0.25, -0.2) is 24.1 Å². The molecule has 9 atom stereocenters. The van der Waals surface area contributed by atoms with Gasteiger partial charge in [0.1, 0.15) is 54.5 Å². The first-order valence-corrected chi connectivity index (χ1v) is 18.3. The molecule has 0 unspecified atom stereocenters. The van der Waals surface area contributed by atoms with Gasteiger partial charge in [-0.05, 0) is 6.07 Å². The standard InChI is InChI=1S/C22H25N7O10P2S2/c23-19-11-1-4-28(20(11)26-10-25-19)16-7-12-13(36-16)8-34-41(33,43)39-18-17(31)14(9-35-40(32,42)38-12)37-21(18)29-5-2-15(30)27-6-3-24-22(27)29/h1-6,10,12-14,16-18,21,31H,7-9H2,(H,32,42)(H,33,43)(H2,23,25,26)/t12-,13+,14+,16+,17+,18+,21+,40-,41+/m0/s1. The Morgan fingerprint density at radius 1 is 0.930 bits per heavy atom. The number of thiol groups is 2. The molecule has 230 valence electrons. The first-order chi connectivity index (χ1) is 20.5. The highest BCUT2D eigenvalue weighted by Gasteiger charge is 2.51. The number of nitrogen functional groups attached to an aromatic ring is 1. The SMILES string of the molecule is Nc1ncnc2c1ccn2[C@H]1C[C@@H]2O[P@@](=O)(S)OC[C@H]3O[C@@H](n4ccc(=O)n5ccnc45)[C@H](O[P@](=O)(S)OC[C@H]2O1)[C@@H]3O. The van der Waals surface area contributed by atoms with Crippen molar-refractivity contribution in [1.29, 1.82) is 0 Å². The lowest BCUT2D eigenvalue weighted by atomic mass is 10.1. The van der Waals surface area contributed by atoms with Crippen molar-refractivity contribution < 1.29 is 41.8 Å². The monoisotopic (exact) mass is 673 g/mol. The van der Waals surface area contributed by atoms with Gasteiger partial charge in [0.2, 0.25) is 5.78 Å². The molecule has 4 aromatic heterocycles. The van der Waals surface area contributed by atoms with Crippen LogP contribution in [-0.2, 0) is 36.7 Å². The summed E-state index contributed by atoms with van der Waals surface area (Å²) in [5.41, 5.74) is 6.11. The number of hydrogen-bond acceptors (Lipinski definition) is 14. The largest absolute Gasteiger partial charge is 0.387 e. The van der Waals surface area contributed by atoms with E-state index in [9.17, 15) is 19.0 Å². The van der Waals surface area contributed by atoms with E-state index in [1.54, 1.807) is 16.8 Å². The predicted octanol–water partition coefficient (Wildman–Crippen LogP) is 1.96. The summed E-state index contributed by atoms with van der Waals surface area (Å²) in [6.45, 7) is -9.10. The molecule has 21 heteroatoms. The number of fused-ring (bicyclic) bond motifs is 5. The molecule has 7 rings (SSSR count). The molecule has 3 aliphatic rings. The van der Waals surface area contributed by atoms with Crippen LogP contribution >= 0.6 is 38.1 Å². The maximum absolute atomic E-state index is 13.5. The summed E-state index contributed by atoms with van der Waals surface area (Å²) in [6, 6.07) is 3.00. The fourth-order valence-corrected chi connectivity index (χ4v) is 8.40. The van der Waals surface area contributed by atoms with Crippen LogP contribution in [0.15, 0.2) is 48.0 Å². The maximum Gasteiger partial charge on any atom is 0.386 e. The van der Waals surface area contributed by atoms with Crippen molar-refractivity contribution in [2.24, 2.45) is 0 Å². The molecule has 0 amide bonds. The van der Waals surface area contributed by atoms with E-state index in [-0.39, 0.29) is 24.4 Å². The summed E-state index contributed by atoms with van der Waals surface area (Å²) in [7, 11) is 0. The molecular weight excluding hydrogens is 648 g/mol. The van der Waals surface area contributed by atoms with Crippen LogP contribution < -0.4 is 11.3 Å². The Balaban J connectivity index is 1.19. The van der Waals surface area contributed by atoms with Crippen LogP contribution in [0.25, 0.3) is 16.8 Å². The summed E-state index contributed by atoms with van der Waals surface area (Å²) in [5.74, 6) is 0.454. The molecule has 3 fully saturated rings.